The number of anilines is 1. The number of carbonyl (C=O) groups excluding carboxylic acids is 2. The number of primary amides is 1. The Labute approximate surface area is 138 Å². The molecule has 7 heteroatoms. The molecule has 1 heterocycles. The monoisotopic (exact) mass is 333 g/mol. The molecule has 0 atom stereocenters. The fourth-order valence-corrected chi connectivity index (χ4v) is 2.15. The number of ether oxygens (including phenoxy) is 1. The van der Waals surface area contributed by atoms with Gasteiger partial charge in [0.25, 0.3) is 5.91 Å². The molecule has 0 aliphatic carbocycles. The number of amides is 1. The Hall–Kier alpha value is -2.60. The maximum Gasteiger partial charge on any atom is 0.338 e. The summed E-state index contributed by atoms with van der Waals surface area (Å²) in [5.41, 5.74) is 7.35. The van der Waals surface area contributed by atoms with Gasteiger partial charge < -0.3 is 15.8 Å². The van der Waals surface area contributed by atoms with E-state index >= 15 is 0 Å². The van der Waals surface area contributed by atoms with Gasteiger partial charge in [0.05, 0.1) is 23.4 Å². The highest BCUT2D eigenvalue weighted by Gasteiger charge is 2.10. The molecule has 0 saturated carbocycles. The van der Waals surface area contributed by atoms with E-state index < -0.39 is 5.91 Å². The van der Waals surface area contributed by atoms with Gasteiger partial charge in [0.1, 0.15) is 5.15 Å². The zero-order chi connectivity index (χ0) is 16.8. The number of aromatic nitrogens is 1. The first-order valence-electron chi connectivity index (χ1n) is 6.96. The van der Waals surface area contributed by atoms with Gasteiger partial charge in [-0.15, -0.1) is 0 Å². The van der Waals surface area contributed by atoms with Crippen molar-refractivity contribution in [3.05, 3.63) is 58.4 Å². The standard InChI is InChI=1S/C16H16ClN3O3/c1-2-23-16(22)11-5-3-4-10(6-11)8-19-13-7-14(17)20-9-12(13)15(18)21/h3-7,9H,2,8H2,1H3,(H2,18,21)(H,19,20). The van der Waals surface area contributed by atoms with Crippen molar-refractivity contribution in [1.82, 2.24) is 4.98 Å². The van der Waals surface area contributed by atoms with Crippen LogP contribution in [0.25, 0.3) is 0 Å². The van der Waals surface area contributed by atoms with Crippen molar-refractivity contribution in [1.29, 1.82) is 0 Å². The lowest BCUT2D eigenvalue weighted by atomic mass is 10.1. The van der Waals surface area contributed by atoms with Gasteiger partial charge in [0.2, 0.25) is 0 Å². The van der Waals surface area contributed by atoms with Crippen molar-refractivity contribution in [3.8, 4) is 0 Å². The third-order valence-electron chi connectivity index (χ3n) is 3.06. The number of nitrogens with one attached hydrogen (secondary N) is 1. The lowest BCUT2D eigenvalue weighted by molar-refractivity contribution is 0.0526. The normalized spacial score (nSPS) is 10.2. The van der Waals surface area contributed by atoms with Gasteiger partial charge in [-0.05, 0) is 30.7 Å². The summed E-state index contributed by atoms with van der Waals surface area (Å²) in [6.07, 6.45) is 1.32. The molecule has 2 aromatic rings. The first-order chi connectivity index (χ1) is 11.0. The van der Waals surface area contributed by atoms with Gasteiger partial charge in [-0.1, -0.05) is 23.7 Å². The van der Waals surface area contributed by atoms with E-state index in [1.54, 1.807) is 25.1 Å². The Morgan fingerprint density at radius 2 is 2.13 bits per heavy atom. The van der Waals surface area contributed by atoms with Crippen LogP contribution in [0.4, 0.5) is 5.69 Å². The number of pyridine rings is 1. The number of carbonyl (C=O) groups is 2. The van der Waals surface area contributed by atoms with Gasteiger partial charge >= 0.3 is 5.97 Å². The molecule has 120 valence electrons. The SMILES string of the molecule is CCOC(=O)c1cccc(CNc2cc(Cl)ncc2C(N)=O)c1. The van der Waals surface area contributed by atoms with E-state index in [0.29, 0.717) is 24.4 Å². The molecular weight excluding hydrogens is 318 g/mol. The van der Waals surface area contributed by atoms with E-state index in [1.165, 1.54) is 12.3 Å². The zero-order valence-corrected chi connectivity index (χ0v) is 13.3. The lowest BCUT2D eigenvalue weighted by Gasteiger charge is -2.11. The molecule has 0 aliphatic heterocycles. The fourth-order valence-electron chi connectivity index (χ4n) is 1.99. The molecular formula is C16H16ClN3O3. The van der Waals surface area contributed by atoms with Gasteiger partial charge in [-0.2, -0.15) is 0 Å². The second-order valence-electron chi connectivity index (χ2n) is 4.69. The van der Waals surface area contributed by atoms with Crippen molar-refractivity contribution in [2.75, 3.05) is 11.9 Å². The number of esters is 1. The minimum absolute atomic E-state index is 0.246. The lowest BCUT2D eigenvalue weighted by Crippen LogP contribution is -2.15. The molecule has 3 N–H and O–H groups in total. The summed E-state index contributed by atoms with van der Waals surface area (Å²) in [6.45, 7) is 2.45. The topological polar surface area (TPSA) is 94.3 Å². The molecule has 0 saturated heterocycles. The summed E-state index contributed by atoms with van der Waals surface area (Å²) < 4.78 is 4.97. The molecule has 2 rings (SSSR count). The number of halogens is 1. The highest BCUT2D eigenvalue weighted by atomic mass is 35.5. The first kappa shape index (κ1) is 16.8. The van der Waals surface area contributed by atoms with Gasteiger partial charge in [-0.3, -0.25) is 4.79 Å². The predicted octanol–water partition coefficient (Wildman–Crippen LogP) is 2.62. The van der Waals surface area contributed by atoms with Crippen molar-refractivity contribution in [3.63, 3.8) is 0 Å². The Bertz CT molecular complexity index is 734. The van der Waals surface area contributed by atoms with Crippen LogP contribution in [0.2, 0.25) is 5.15 Å². The number of benzene rings is 1. The smallest absolute Gasteiger partial charge is 0.338 e. The minimum atomic E-state index is -0.600. The average molecular weight is 334 g/mol. The fraction of sp³-hybridized carbons (Fsp3) is 0.188. The van der Waals surface area contributed by atoms with Crippen molar-refractivity contribution in [2.24, 2.45) is 5.73 Å². The van der Waals surface area contributed by atoms with Crippen LogP contribution in [0.15, 0.2) is 36.5 Å². The maximum atomic E-state index is 11.7. The van der Waals surface area contributed by atoms with E-state index in [0.717, 1.165) is 5.56 Å². The summed E-state index contributed by atoms with van der Waals surface area (Å²) in [7, 11) is 0. The number of rotatable bonds is 6. The highest BCUT2D eigenvalue weighted by Crippen LogP contribution is 2.19. The van der Waals surface area contributed by atoms with Crippen molar-refractivity contribution < 1.29 is 14.3 Å². The zero-order valence-electron chi connectivity index (χ0n) is 12.5. The molecule has 0 radical (unpaired) electrons. The largest absolute Gasteiger partial charge is 0.462 e. The Kier molecular flexibility index (Phi) is 5.54. The summed E-state index contributed by atoms with van der Waals surface area (Å²) in [6, 6.07) is 8.54. The van der Waals surface area contributed by atoms with Crippen LogP contribution in [0.3, 0.4) is 0 Å². The summed E-state index contributed by atoms with van der Waals surface area (Å²) in [5.74, 6) is -0.976. The molecule has 0 aliphatic rings. The molecule has 0 bridgehead atoms. The molecule has 0 unspecified atom stereocenters. The van der Waals surface area contributed by atoms with Crippen LogP contribution in [0, 0.1) is 0 Å². The van der Waals surface area contributed by atoms with Crippen molar-refractivity contribution in [2.45, 2.75) is 13.5 Å². The second kappa shape index (κ2) is 7.60. The van der Waals surface area contributed by atoms with Crippen LogP contribution in [0.5, 0.6) is 0 Å². The molecule has 23 heavy (non-hydrogen) atoms. The number of hydrogen-bond donors (Lipinski definition) is 2. The van der Waals surface area contributed by atoms with Crippen LogP contribution in [0.1, 0.15) is 33.2 Å². The highest BCUT2D eigenvalue weighted by molar-refractivity contribution is 6.29. The van der Waals surface area contributed by atoms with Crippen LogP contribution < -0.4 is 11.1 Å². The molecule has 1 amide bonds. The maximum absolute atomic E-state index is 11.7. The molecule has 0 fully saturated rings. The van der Waals surface area contributed by atoms with Crippen LogP contribution in [-0.4, -0.2) is 23.5 Å². The van der Waals surface area contributed by atoms with Crippen molar-refractivity contribution >= 4 is 29.2 Å². The van der Waals surface area contributed by atoms with E-state index in [2.05, 4.69) is 10.3 Å². The summed E-state index contributed by atoms with van der Waals surface area (Å²) in [5, 5.41) is 3.32. The second-order valence-corrected chi connectivity index (χ2v) is 5.08. The van der Waals surface area contributed by atoms with Crippen LogP contribution in [-0.2, 0) is 11.3 Å². The molecule has 1 aromatic carbocycles. The summed E-state index contributed by atoms with van der Waals surface area (Å²) in [4.78, 5) is 27.0. The molecule has 0 spiro atoms. The quantitative estimate of drug-likeness (QED) is 0.626. The van der Waals surface area contributed by atoms with Crippen LogP contribution >= 0.6 is 11.6 Å². The Morgan fingerprint density at radius 3 is 2.83 bits per heavy atom. The van der Waals surface area contributed by atoms with E-state index in [1.807, 2.05) is 6.07 Å². The number of nitrogens with two attached hydrogens (primary N) is 1. The third-order valence-corrected chi connectivity index (χ3v) is 3.26. The summed E-state index contributed by atoms with van der Waals surface area (Å²) >= 11 is 5.84. The molecule has 6 nitrogen and oxygen atoms in total. The number of nitrogens with zero attached hydrogens (tertiary/aromatic N) is 1. The van der Waals surface area contributed by atoms with E-state index in [-0.39, 0.29) is 16.7 Å². The minimum Gasteiger partial charge on any atom is -0.462 e. The number of hydrogen-bond acceptors (Lipinski definition) is 5. The average Bonchev–Trinajstić information content (AvgIpc) is 2.53. The molecule has 1 aromatic heterocycles. The Balaban J connectivity index is 2.15. The first-order valence-corrected chi connectivity index (χ1v) is 7.34. The van der Waals surface area contributed by atoms with E-state index in [9.17, 15) is 9.59 Å². The predicted molar refractivity (Wildman–Crippen MR) is 87.5 cm³/mol. The van der Waals surface area contributed by atoms with Gasteiger partial charge in [0, 0.05) is 12.7 Å². The van der Waals surface area contributed by atoms with Gasteiger partial charge in [-0.25, -0.2) is 9.78 Å². The van der Waals surface area contributed by atoms with Gasteiger partial charge in [0.15, 0.2) is 0 Å². The Morgan fingerprint density at radius 1 is 1.35 bits per heavy atom. The van der Waals surface area contributed by atoms with E-state index in [4.69, 9.17) is 22.1 Å². The third kappa shape index (κ3) is 4.43.